The zero-order valence-electron chi connectivity index (χ0n) is 14.8. The minimum atomic E-state index is -4.16. The largest absolute Gasteiger partial charge is 0.489 e. The quantitative estimate of drug-likeness (QED) is 0.777. The molecule has 2 heterocycles. The Morgan fingerprint density at radius 1 is 1.22 bits per heavy atom. The molecule has 0 aliphatic carbocycles. The SMILES string of the molecule is COc1cc(OC)nc(NC(=O)NS(=O)(=O)c2cccc3c2OC(C)C3)n1. The maximum Gasteiger partial charge on any atom is 0.335 e. The van der Waals surface area contributed by atoms with Gasteiger partial charge >= 0.3 is 6.03 Å². The normalized spacial score (nSPS) is 15.4. The molecule has 2 aromatic rings. The molecule has 2 amide bonds. The maximum absolute atomic E-state index is 12.6. The Morgan fingerprint density at radius 2 is 1.89 bits per heavy atom. The predicted octanol–water partition coefficient (Wildman–Crippen LogP) is 1.33. The molecule has 0 spiro atoms. The van der Waals surface area contributed by atoms with Crippen LogP contribution in [0.3, 0.4) is 0 Å². The molecule has 27 heavy (non-hydrogen) atoms. The van der Waals surface area contributed by atoms with E-state index in [0.29, 0.717) is 6.42 Å². The summed E-state index contributed by atoms with van der Waals surface area (Å²) in [5.41, 5.74) is 0.770. The number of benzene rings is 1. The maximum atomic E-state index is 12.6. The van der Waals surface area contributed by atoms with Gasteiger partial charge in [0.15, 0.2) is 0 Å². The number of nitrogens with zero attached hydrogens (tertiary/aromatic N) is 2. The van der Waals surface area contributed by atoms with Gasteiger partial charge in [0, 0.05) is 6.42 Å². The number of aromatic nitrogens is 2. The Morgan fingerprint density at radius 3 is 2.52 bits per heavy atom. The van der Waals surface area contributed by atoms with Crippen LogP contribution >= 0.6 is 0 Å². The number of carbonyl (C=O) groups excluding carboxylic acids is 1. The number of rotatable bonds is 5. The van der Waals surface area contributed by atoms with Crippen molar-refractivity contribution in [1.29, 1.82) is 0 Å². The summed E-state index contributed by atoms with van der Waals surface area (Å²) in [7, 11) is -1.40. The number of carbonyl (C=O) groups is 1. The number of fused-ring (bicyclic) bond motifs is 1. The average molecular weight is 394 g/mol. The van der Waals surface area contributed by atoms with E-state index in [1.165, 1.54) is 26.4 Å². The first-order chi connectivity index (χ1) is 12.8. The Bertz CT molecular complexity index is 957. The van der Waals surface area contributed by atoms with Crippen LogP contribution in [-0.2, 0) is 16.4 Å². The average Bonchev–Trinajstić information content (AvgIpc) is 3.00. The number of sulfonamides is 1. The highest BCUT2D eigenvalue weighted by molar-refractivity contribution is 7.90. The molecule has 0 bridgehead atoms. The second-order valence-electron chi connectivity index (χ2n) is 5.71. The summed E-state index contributed by atoms with van der Waals surface area (Å²) >= 11 is 0. The van der Waals surface area contributed by atoms with Crippen molar-refractivity contribution in [3.8, 4) is 17.5 Å². The first-order valence-corrected chi connectivity index (χ1v) is 9.40. The lowest BCUT2D eigenvalue weighted by molar-refractivity contribution is 0.249. The van der Waals surface area contributed by atoms with Crippen LogP contribution in [0, 0.1) is 0 Å². The van der Waals surface area contributed by atoms with Gasteiger partial charge < -0.3 is 14.2 Å². The van der Waals surface area contributed by atoms with E-state index in [0.717, 1.165) is 5.56 Å². The number of urea groups is 1. The van der Waals surface area contributed by atoms with Gasteiger partial charge in [-0.3, -0.25) is 5.32 Å². The summed E-state index contributed by atoms with van der Waals surface area (Å²) in [4.78, 5) is 19.9. The van der Waals surface area contributed by atoms with Gasteiger partial charge in [-0.1, -0.05) is 12.1 Å². The minimum Gasteiger partial charge on any atom is -0.489 e. The second-order valence-corrected chi connectivity index (χ2v) is 7.36. The number of nitrogens with one attached hydrogen (secondary N) is 2. The molecule has 11 heteroatoms. The van der Waals surface area contributed by atoms with Crippen LogP contribution in [0.1, 0.15) is 12.5 Å². The van der Waals surface area contributed by atoms with Crippen LogP contribution in [0.4, 0.5) is 10.7 Å². The third kappa shape index (κ3) is 4.03. The van der Waals surface area contributed by atoms with E-state index in [1.807, 2.05) is 11.6 Å². The fraction of sp³-hybridized carbons (Fsp3) is 0.312. The van der Waals surface area contributed by atoms with Crippen molar-refractivity contribution in [2.45, 2.75) is 24.3 Å². The van der Waals surface area contributed by atoms with Gasteiger partial charge in [-0.25, -0.2) is 17.9 Å². The van der Waals surface area contributed by atoms with Crippen LogP contribution in [0.25, 0.3) is 0 Å². The number of para-hydroxylation sites is 1. The highest BCUT2D eigenvalue weighted by Gasteiger charge is 2.29. The van der Waals surface area contributed by atoms with Crippen LogP contribution in [0.15, 0.2) is 29.2 Å². The monoisotopic (exact) mass is 394 g/mol. The summed E-state index contributed by atoms with van der Waals surface area (Å²) in [6, 6.07) is 5.13. The number of amides is 2. The Hall–Kier alpha value is -3.08. The van der Waals surface area contributed by atoms with Crippen molar-refractivity contribution in [3.05, 3.63) is 29.8 Å². The van der Waals surface area contributed by atoms with Crippen molar-refractivity contribution in [1.82, 2.24) is 14.7 Å². The zero-order valence-corrected chi connectivity index (χ0v) is 15.7. The molecule has 1 aromatic heterocycles. The Labute approximate surface area is 155 Å². The number of ether oxygens (including phenoxy) is 3. The van der Waals surface area contributed by atoms with Gasteiger partial charge in [0.25, 0.3) is 10.0 Å². The van der Waals surface area contributed by atoms with E-state index in [9.17, 15) is 13.2 Å². The molecule has 1 unspecified atom stereocenters. The van der Waals surface area contributed by atoms with E-state index in [2.05, 4.69) is 15.3 Å². The van der Waals surface area contributed by atoms with Crippen molar-refractivity contribution in [2.75, 3.05) is 19.5 Å². The number of hydrogen-bond donors (Lipinski definition) is 2. The smallest absolute Gasteiger partial charge is 0.335 e. The molecule has 0 saturated carbocycles. The highest BCUT2D eigenvalue weighted by atomic mass is 32.2. The van der Waals surface area contributed by atoms with E-state index in [4.69, 9.17) is 14.2 Å². The van der Waals surface area contributed by atoms with E-state index in [1.54, 1.807) is 12.1 Å². The zero-order chi connectivity index (χ0) is 19.6. The molecular weight excluding hydrogens is 376 g/mol. The van der Waals surface area contributed by atoms with Crippen LogP contribution < -0.4 is 24.2 Å². The molecule has 3 rings (SSSR count). The lowest BCUT2D eigenvalue weighted by Gasteiger charge is -2.12. The molecule has 1 atom stereocenters. The number of methoxy groups -OCH3 is 2. The van der Waals surface area contributed by atoms with Crippen molar-refractivity contribution in [2.24, 2.45) is 0 Å². The van der Waals surface area contributed by atoms with Crippen molar-refractivity contribution < 1.29 is 27.4 Å². The van der Waals surface area contributed by atoms with Crippen molar-refractivity contribution in [3.63, 3.8) is 0 Å². The molecule has 1 aliphatic rings. The molecule has 144 valence electrons. The summed E-state index contributed by atoms with van der Waals surface area (Å²) in [5.74, 6) is 0.359. The molecule has 0 saturated heterocycles. The molecule has 1 aliphatic heterocycles. The van der Waals surface area contributed by atoms with Crippen LogP contribution in [-0.4, -0.2) is 44.7 Å². The summed E-state index contributed by atoms with van der Waals surface area (Å²) < 4.78 is 42.6. The van der Waals surface area contributed by atoms with E-state index in [-0.39, 0.29) is 34.5 Å². The second kappa shape index (κ2) is 7.27. The molecule has 0 fully saturated rings. The van der Waals surface area contributed by atoms with Gasteiger partial charge in [0.2, 0.25) is 17.7 Å². The van der Waals surface area contributed by atoms with E-state index >= 15 is 0 Å². The minimum absolute atomic E-state index is 0.108. The first kappa shape index (κ1) is 18.7. The Balaban J connectivity index is 1.80. The number of anilines is 1. The lowest BCUT2D eigenvalue weighted by Crippen LogP contribution is -2.35. The standard InChI is InChI=1S/C16H18N4O6S/c1-9-7-10-5-4-6-11(14(10)26-9)27(22,23)20-16(21)19-15-17-12(24-2)8-13(18-15)25-3/h4-6,8-9H,7H2,1-3H3,(H2,17,18,19,20,21). The summed E-state index contributed by atoms with van der Waals surface area (Å²) in [6.45, 7) is 1.84. The summed E-state index contributed by atoms with van der Waals surface area (Å²) in [6.07, 6.45) is 0.463. The predicted molar refractivity (Wildman–Crippen MR) is 94.7 cm³/mol. The number of hydrogen-bond acceptors (Lipinski definition) is 8. The highest BCUT2D eigenvalue weighted by Crippen LogP contribution is 2.35. The molecular formula is C16H18N4O6S. The molecule has 2 N–H and O–H groups in total. The van der Waals surface area contributed by atoms with Crippen LogP contribution in [0.5, 0.6) is 17.5 Å². The fourth-order valence-electron chi connectivity index (χ4n) is 2.59. The van der Waals surface area contributed by atoms with Gasteiger partial charge in [0.05, 0.1) is 20.3 Å². The fourth-order valence-corrected chi connectivity index (χ4v) is 3.68. The summed E-state index contributed by atoms with van der Waals surface area (Å²) in [5, 5.41) is 2.24. The topological polar surface area (TPSA) is 129 Å². The van der Waals surface area contributed by atoms with E-state index < -0.39 is 16.1 Å². The van der Waals surface area contributed by atoms with Crippen LogP contribution in [0.2, 0.25) is 0 Å². The van der Waals surface area contributed by atoms with Crippen molar-refractivity contribution >= 4 is 22.0 Å². The van der Waals surface area contributed by atoms with Gasteiger partial charge in [-0.15, -0.1) is 0 Å². The third-order valence-electron chi connectivity index (χ3n) is 3.73. The van der Waals surface area contributed by atoms with Gasteiger partial charge in [-0.2, -0.15) is 9.97 Å². The Kier molecular flexibility index (Phi) is 5.04. The van der Waals surface area contributed by atoms with Gasteiger partial charge in [-0.05, 0) is 18.6 Å². The third-order valence-corrected chi connectivity index (χ3v) is 5.08. The molecule has 1 aromatic carbocycles. The van der Waals surface area contributed by atoms with Gasteiger partial charge in [0.1, 0.15) is 16.7 Å². The first-order valence-electron chi connectivity index (χ1n) is 7.92. The molecule has 0 radical (unpaired) electrons. The molecule has 10 nitrogen and oxygen atoms in total. The lowest BCUT2D eigenvalue weighted by atomic mass is 10.1.